The fourth-order valence-electron chi connectivity index (χ4n) is 2.57. The molecule has 0 aromatic carbocycles. The molecule has 0 amide bonds. The molecule has 1 aliphatic rings. The lowest BCUT2D eigenvalue weighted by Gasteiger charge is -2.15. The van der Waals surface area contributed by atoms with Crippen LogP contribution in [0.15, 0.2) is 6.07 Å². The molecule has 1 aliphatic heterocycles. The summed E-state index contributed by atoms with van der Waals surface area (Å²) in [5.41, 5.74) is 3.28. The largest absolute Gasteiger partial charge is 0.394 e. The topological polar surface area (TPSA) is 111 Å². The molecule has 4 N–H and O–H groups in total. The van der Waals surface area contributed by atoms with Crippen LogP contribution in [0.25, 0.3) is 11.2 Å². The number of nitrogens with zero attached hydrogens (tertiary/aromatic N) is 2. The second-order valence-electron chi connectivity index (χ2n) is 5.44. The third-order valence-electron chi connectivity index (χ3n) is 3.97. The van der Waals surface area contributed by atoms with E-state index in [2.05, 4.69) is 15.0 Å². The Labute approximate surface area is 131 Å². The highest BCUT2D eigenvalue weighted by Crippen LogP contribution is 2.34. The molecule has 0 aliphatic carbocycles. The number of rotatable bonds is 2. The van der Waals surface area contributed by atoms with Gasteiger partial charge in [-0.2, -0.15) is 0 Å². The minimum absolute atomic E-state index is 0.361. The number of hydrogen-bond acceptors (Lipinski definition) is 7. The summed E-state index contributed by atoms with van der Waals surface area (Å²) in [5.74, 6) is 0. The highest BCUT2D eigenvalue weighted by molar-refractivity contribution is 7.71. The maximum Gasteiger partial charge on any atom is 0.157 e. The van der Waals surface area contributed by atoms with Crippen LogP contribution >= 0.6 is 12.2 Å². The van der Waals surface area contributed by atoms with Crippen LogP contribution in [0.4, 0.5) is 0 Å². The third-order valence-corrected chi connectivity index (χ3v) is 4.31. The van der Waals surface area contributed by atoms with Gasteiger partial charge in [-0.05, 0) is 19.9 Å². The van der Waals surface area contributed by atoms with E-state index in [0.29, 0.717) is 21.4 Å². The normalized spacial score (nSPS) is 28.4. The molecule has 22 heavy (non-hydrogen) atoms. The number of ether oxygens (including phenoxy) is 1. The van der Waals surface area contributed by atoms with Crippen LogP contribution in [0, 0.1) is 18.5 Å². The number of aliphatic hydroxyl groups is 3. The zero-order valence-electron chi connectivity index (χ0n) is 12.1. The van der Waals surface area contributed by atoms with E-state index in [1.165, 1.54) is 0 Å². The van der Waals surface area contributed by atoms with E-state index in [1.807, 2.05) is 13.8 Å². The summed E-state index contributed by atoms with van der Waals surface area (Å²) in [6.07, 6.45) is -3.98. The van der Waals surface area contributed by atoms with E-state index in [1.54, 1.807) is 6.07 Å². The van der Waals surface area contributed by atoms with Crippen molar-refractivity contribution in [1.29, 1.82) is 0 Å². The number of aromatic amines is 1. The van der Waals surface area contributed by atoms with Crippen LogP contribution in [-0.4, -0.2) is 55.2 Å². The Morgan fingerprint density at radius 1 is 1.23 bits per heavy atom. The molecule has 4 unspecified atom stereocenters. The van der Waals surface area contributed by atoms with Crippen molar-refractivity contribution in [2.75, 3.05) is 6.61 Å². The summed E-state index contributed by atoms with van der Waals surface area (Å²) in [6.45, 7) is 3.34. The fraction of sp³-hybridized carbons (Fsp3) is 0.500. The monoisotopic (exact) mass is 323 g/mol. The van der Waals surface area contributed by atoms with Crippen LogP contribution in [-0.2, 0) is 4.74 Å². The maximum absolute atomic E-state index is 10.1. The smallest absolute Gasteiger partial charge is 0.157 e. The van der Waals surface area contributed by atoms with Gasteiger partial charge in [0.2, 0.25) is 0 Å². The van der Waals surface area contributed by atoms with E-state index in [9.17, 15) is 15.3 Å². The van der Waals surface area contributed by atoms with E-state index in [-0.39, 0.29) is 6.61 Å². The average molecular weight is 323 g/mol. The summed E-state index contributed by atoms with van der Waals surface area (Å²) in [6, 6.07) is 1.70. The molecule has 2 aromatic heterocycles. The first-order valence-electron chi connectivity index (χ1n) is 6.93. The van der Waals surface area contributed by atoms with Gasteiger partial charge in [-0.15, -0.1) is 0 Å². The van der Waals surface area contributed by atoms with Crippen molar-refractivity contribution >= 4 is 23.4 Å². The van der Waals surface area contributed by atoms with Gasteiger partial charge < -0.3 is 25.0 Å². The Balaban J connectivity index is 2.10. The minimum Gasteiger partial charge on any atom is -0.394 e. The van der Waals surface area contributed by atoms with Gasteiger partial charge in [-0.3, -0.25) is 0 Å². The van der Waals surface area contributed by atoms with Crippen LogP contribution in [0.2, 0.25) is 0 Å². The van der Waals surface area contributed by atoms with Gasteiger partial charge in [-0.25, -0.2) is 9.97 Å². The molecule has 118 valence electrons. The molecular weight excluding hydrogens is 306 g/mol. The number of H-pyrrole nitrogens is 1. The SMILES string of the molecule is Cc1nc2cc(C3OC(CO)C(O)C3O)c(=S)[nH]c2nc1C. The number of aliphatic hydroxyl groups excluding tert-OH is 3. The molecule has 2 aromatic rings. The highest BCUT2D eigenvalue weighted by Gasteiger charge is 2.43. The molecule has 1 fully saturated rings. The van der Waals surface area contributed by atoms with Crippen LogP contribution in [0.1, 0.15) is 23.1 Å². The van der Waals surface area contributed by atoms with Crippen molar-refractivity contribution in [3.8, 4) is 0 Å². The molecule has 3 rings (SSSR count). The van der Waals surface area contributed by atoms with Crippen molar-refractivity contribution < 1.29 is 20.1 Å². The fourth-order valence-corrected chi connectivity index (χ4v) is 2.85. The maximum atomic E-state index is 10.1. The van der Waals surface area contributed by atoms with E-state index < -0.39 is 24.4 Å². The van der Waals surface area contributed by atoms with E-state index in [4.69, 9.17) is 17.0 Å². The number of pyridine rings is 1. The summed E-state index contributed by atoms with van der Waals surface area (Å²) < 4.78 is 5.88. The van der Waals surface area contributed by atoms with Crippen LogP contribution < -0.4 is 0 Å². The number of fused-ring (bicyclic) bond motifs is 1. The number of aryl methyl sites for hydroxylation is 2. The lowest BCUT2D eigenvalue weighted by Crippen LogP contribution is -2.32. The van der Waals surface area contributed by atoms with E-state index >= 15 is 0 Å². The van der Waals surface area contributed by atoms with Crippen LogP contribution in [0.5, 0.6) is 0 Å². The third kappa shape index (κ3) is 2.42. The first-order chi connectivity index (χ1) is 10.4. The molecule has 0 radical (unpaired) electrons. The van der Waals surface area contributed by atoms with Gasteiger partial charge in [0.15, 0.2) is 5.65 Å². The molecule has 0 bridgehead atoms. The van der Waals surface area contributed by atoms with Crippen molar-refractivity contribution in [3.63, 3.8) is 0 Å². The summed E-state index contributed by atoms with van der Waals surface area (Å²) in [5, 5.41) is 29.2. The average Bonchev–Trinajstić information content (AvgIpc) is 2.76. The molecule has 7 nitrogen and oxygen atoms in total. The van der Waals surface area contributed by atoms with Gasteiger partial charge >= 0.3 is 0 Å². The zero-order chi connectivity index (χ0) is 16.0. The molecule has 4 atom stereocenters. The molecular formula is C14H17N3O4S. The van der Waals surface area contributed by atoms with Gasteiger partial charge in [-0.1, -0.05) is 12.2 Å². The van der Waals surface area contributed by atoms with E-state index in [0.717, 1.165) is 11.4 Å². The van der Waals surface area contributed by atoms with Crippen molar-refractivity contribution in [2.45, 2.75) is 38.3 Å². The lowest BCUT2D eigenvalue weighted by molar-refractivity contribution is -0.0229. The Bertz CT molecular complexity index is 779. The highest BCUT2D eigenvalue weighted by atomic mass is 32.1. The number of aromatic nitrogens is 3. The van der Waals surface area contributed by atoms with Crippen molar-refractivity contribution in [2.24, 2.45) is 0 Å². The quantitative estimate of drug-likeness (QED) is 0.594. The minimum atomic E-state index is -1.16. The van der Waals surface area contributed by atoms with Crippen LogP contribution in [0.3, 0.4) is 0 Å². The standard InChI is InChI=1S/C14H17N3O4S/c1-5-6(2)16-13-8(15-5)3-7(14(22)17-13)12-11(20)10(19)9(4-18)21-12/h3,9-12,18-20H,4H2,1-2H3,(H,16,17,22). The number of nitrogens with one attached hydrogen (secondary N) is 1. The van der Waals surface area contributed by atoms with Gasteiger partial charge in [0.05, 0.1) is 18.0 Å². The molecule has 8 heteroatoms. The second-order valence-corrected chi connectivity index (χ2v) is 5.85. The summed E-state index contributed by atoms with van der Waals surface area (Å²) in [4.78, 5) is 11.8. The number of hydrogen-bond donors (Lipinski definition) is 4. The van der Waals surface area contributed by atoms with Gasteiger partial charge in [0.1, 0.15) is 34.6 Å². The molecule has 1 saturated heterocycles. The zero-order valence-corrected chi connectivity index (χ0v) is 13.0. The van der Waals surface area contributed by atoms with Crippen molar-refractivity contribution in [3.05, 3.63) is 27.7 Å². The summed E-state index contributed by atoms with van der Waals surface area (Å²) >= 11 is 5.30. The van der Waals surface area contributed by atoms with Gasteiger partial charge in [0.25, 0.3) is 0 Å². The first-order valence-corrected chi connectivity index (χ1v) is 7.34. The van der Waals surface area contributed by atoms with Gasteiger partial charge in [0, 0.05) is 5.56 Å². The predicted molar refractivity (Wildman–Crippen MR) is 80.9 cm³/mol. The predicted octanol–water partition coefficient (Wildman–Crippen LogP) is 0.458. The van der Waals surface area contributed by atoms with Crippen molar-refractivity contribution in [1.82, 2.24) is 15.0 Å². The molecule has 0 saturated carbocycles. The Hall–Kier alpha value is -1.45. The summed E-state index contributed by atoms with van der Waals surface area (Å²) in [7, 11) is 0. The second kappa shape index (κ2) is 5.64. The first kappa shape index (κ1) is 15.4. The Morgan fingerprint density at radius 3 is 2.55 bits per heavy atom. The Morgan fingerprint density at radius 2 is 1.91 bits per heavy atom. The molecule has 3 heterocycles. The Kier molecular flexibility index (Phi) is 3.96. The lowest BCUT2D eigenvalue weighted by atomic mass is 10.0. The molecule has 0 spiro atoms.